The molecular weight excluding hydrogens is 372 g/mol. The van der Waals surface area contributed by atoms with Crippen LogP contribution >= 0.6 is 0 Å². The highest BCUT2D eigenvalue weighted by Gasteiger charge is 2.15. The van der Waals surface area contributed by atoms with E-state index in [1.165, 1.54) is 11.1 Å². The Labute approximate surface area is 176 Å². The molecule has 4 nitrogen and oxygen atoms in total. The number of hydrogen-bond acceptors (Lipinski definition) is 4. The predicted octanol–water partition coefficient (Wildman–Crippen LogP) is 5.28. The van der Waals surface area contributed by atoms with Gasteiger partial charge in [0.1, 0.15) is 12.9 Å². The SMILES string of the molecule is O=Cc1cccc2c1CCC=C2CCON=C(Cc1ccccc1)c1cccnc1. The van der Waals surface area contributed by atoms with Crippen LogP contribution in [0.1, 0.15) is 45.5 Å². The minimum Gasteiger partial charge on any atom is -0.395 e. The smallest absolute Gasteiger partial charge is 0.150 e. The Kier molecular flexibility index (Phi) is 6.45. The molecule has 0 bridgehead atoms. The second-order valence-corrected chi connectivity index (χ2v) is 7.28. The summed E-state index contributed by atoms with van der Waals surface area (Å²) < 4.78 is 0. The van der Waals surface area contributed by atoms with Crippen molar-refractivity contribution in [1.82, 2.24) is 4.98 Å². The number of nitrogens with zero attached hydrogens (tertiary/aromatic N) is 2. The van der Waals surface area contributed by atoms with Crippen LogP contribution in [-0.2, 0) is 17.7 Å². The summed E-state index contributed by atoms with van der Waals surface area (Å²) in [5.41, 5.74) is 7.31. The summed E-state index contributed by atoms with van der Waals surface area (Å²) in [6.07, 6.45) is 10.1. The Morgan fingerprint density at radius 1 is 1.07 bits per heavy atom. The van der Waals surface area contributed by atoms with Crippen molar-refractivity contribution in [3.63, 3.8) is 0 Å². The van der Waals surface area contributed by atoms with Gasteiger partial charge in [0.15, 0.2) is 0 Å². The number of fused-ring (bicyclic) bond motifs is 1. The Morgan fingerprint density at radius 2 is 1.97 bits per heavy atom. The van der Waals surface area contributed by atoms with Crippen molar-refractivity contribution in [1.29, 1.82) is 0 Å². The number of benzene rings is 2. The van der Waals surface area contributed by atoms with Crippen LogP contribution in [0.2, 0.25) is 0 Å². The molecule has 30 heavy (non-hydrogen) atoms. The van der Waals surface area contributed by atoms with Gasteiger partial charge >= 0.3 is 0 Å². The summed E-state index contributed by atoms with van der Waals surface area (Å²) in [6.45, 7) is 0.481. The summed E-state index contributed by atoms with van der Waals surface area (Å²) >= 11 is 0. The summed E-state index contributed by atoms with van der Waals surface area (Å²) in [5, 5.41) is 4.46. The van der Waals surface area contributed by atoms with Crippen molar-refractivity contribution < 1.29 is 9.63 Å². The van der Waals surface area contributed by atoms with E-state index < -0.39 is 0 Å². The number of aldehydes is 1. The van der Waals surface area contributed by atoms with E-state index >= 15 is 0 Å². The number of allylic oxidation sites excluding steroid dienone is 1. The number of oxime groups is 1. The summed E-state index contributed by atoms with van der Waals surface area (Å²) in [7, 11) is 0. The van der Waals surface area contributed by atoms with Crippen molar-refractivity contribution in [2.45, 2.75) is 25.7 Å². The van der Waals surface area contributed by atoms with E-state index in [1.54, 1.807) is 6.20 Å². The number of carbonyl (C=O) groups excluding carboxylic acids is 1. The number of aromatic nitrogens is 1. The van der Waals surface area contributed by atoms with Gasteiger partial charge in [0, 0.05) is 36.4 Å². The average molecular weight is 396 g/mol. The van der Waals surface area contributed by atoms with E-state index in [0.717, 1.165) is 53.5 Å². The molecule has 1 heterocycles. The van der Waals surface area contributed by atoms with E-state index in [-0.39, 0.29) is 0 Å². The molecule has 1 aliphatic rings. The normalized spacial score (nSPS) is 13.3. The van der Waals surface area contributed by atoms with Crippen molar-refractivity contribution in [3.8, 4) is 0 Å². The first-order valence-corrected chi connectivity index (χ1v) is 10.2. The molecule has 0 spiro atoms. The Morgan fingerprint density at radius 3 is 2.77 bits per heavy atom. The monoisotopic (exact) mass is 396 g/mol. The molecule has 150 valence electrons. The minimum absolute atomic E-state index is 0.481. The molecular formula is C26H24N2O2. The molecule has 4 rings (SSSR count). The lowest BCUT2D eigenvalue weighted by atomic mass is 9.87. The molecule has 0 saturated carbocycles. The van der Waals surface area contributed by atoms with E-state index in [4.69, 9.17) is 4.84 Å². The largest absolute Gasteiger partial charge is 0.395 e. The van der Waals surface area contributed by atoms with Crippen LogP contribution in [0.15, 0.2) is 84.3 Å². The zero-order chi connectivity index (χ0) is 20.6. The van der Waals surface area contributed by atoms with Gasteiger partial charge in [-0.15, -0.1) is 0 Å². The van der Waals surface area contributed by atoms with E-state index in [1.807, 2.05) is 48.7 Å². The van der Waals surface area contributed by atoms with Gasteiger partial charge in [-0.3, -0.25) is 9.78 Å². The fourth-order valence-corrected chi connectivity index (χ4v) is 3.82. The van der Waals surface area contributed by atoms with Crippen LogP contribution in [0.5, 0.6) is 0 Å². The lowest BCUT2D eigenvalue weighted by Crippen LogP contribution is -2.08. The molecule has 2 aromatic carbocycles. The van der Waals surface area contributed by atoms with Crippen LogP contribution in [0.25, 0.3) is 5.57 Å². The fourth-order valence-electron chi connectivity index (χ4n) is 3.82. The van der Waals surface area contributed by atoms with E-state index in [9.17, 15) is 4.79 Å². The number of rotatable bonds is 8. The lowest BCUT2D eigenvalue weighted by molar-refractivity contribution is 0.112. The molecule has 0 radical (unpaired) electrons. The van der Waals surface area contributed by atoms with Crippen LogP contribution < -0.4 is 0 Å². The Hall–Kier alpha value is -3.53. The minimum atomic E-state index is 0.481. The Bertz CT molecular complexity index is 1060. The molecule has 0 saturated heterocycles. The van der Waals surface area contributed by atoms with Gasteiger partial charge in [-0.1, -0.05) is 59.8 Å². The van der Waals surface area contributed by atoms with Gasteiger partial charge in [-0.25, -0.2) is 0 Å². The first-order chi connectivity index (χ1) is 14.8. The van der Waals surface area contributed by atoms with Crippen LogP contribution in [0.3, 0.4) is 0 Å². The molecule has 1 aromatic heterocycles. The first-order valence-electron chi connectivity index (χ1n) is 10.2. The summed E-state index contributed by atoms with van der Waals surface area (Å²) in [5.74, 6) is 0. The van der Waals surface area contributed by atoms with Crippen LogP contribution in [-0.4, -0.2) is 23.6 Å². The Balaban J connectivity index is 1.45. The fraction of sp³-hybridized carbons (Fsp3) is 0.192. The van der Waals surface area contributed by atoms with Crippen LogP contribution in [0, 0.1) is 0 Å². The average Bonchev–Trinajstić information content (AvgIpc) is 2.82. The third-order valence-corrected chi connectivity index (χ3v) is 5.32. The summed E-state index contributed by atoms with van der Waals surface area (Å²) in [4.78, 5) is 21.3. The summed E-state index contributed by atoms with van der Waals surface area (Å²) in [6, 6.07) is 20.1. The highest BCUT2D eigenvalue weighted by atomic mass is 16.6. The number of hydrogen-bond donors (Lipinski definition) is 0. The van der Waals surface area contributed by atoms with Gasteiger partial charge in [-0.2, -0.15) is 0 Å². The zero-order valence-corrected chi connectivity index (χ0v) is 16.8. The number of pyridine rings is 1. The maximum absolute atomic E-state index is 11.3. The van der Waals surface area contributed by atoms with E-state index in [0.29, 0.717) is 13.0 Å². The predicted molar refractivity (Wildman–Crippen MR) is 120 cm³/mol. The molecule has 0 unspecified atom stereocenters. The third-order valence-electron chi connectivity index (χ3n) is 5.32. The second kappa shape index (κ2) is 9.79. The maximum atomic E-state index is 11.3. The topological polar surface area (TPSA) is 51.5 Å². The second-order valence-electron chi connectivity index (χ2n) is 7.28. The van der Waals surface area contributed by atoms with Crippen molar-refractivity contribution >= 4 is 17.6 Å². The highest BCUT2D eigenvalue weighted by molar-refractivity contribution is 6.01. The molecule has 0 aliphatic heterocycles. The third kappa shape index (κ3) is 4.71. The molecule has 3 aromatic rings. The molecule has 0 atom stereocenters. The number of carbonyl (C=O) groups is 1. The molecule has 4 heteroatoms. The lowest BCUT2D eigenvalue weighted by Gasteiger charge is -2.19. The van der Waals surface area contributed by atoms with Gasteiger partial charge < -0.3 is 4.84 Å². The molecule has 0 fully saturated rings. The standard InChI is InChI=1S/C26H24N2O2/c29-19-23-10-5-12-24-21(9-4-13-25(23)24)14-16-30-28-26(22-11-6-15-27-18-22)17-20-7-2-1-3-8-20/h1-3,5-12,15,18-19H,4,13-14,16-17H2. The van der Waals surface area contributed by atoms with Crippen molar-refractivity contribution in [2.24, 2.45) is 5.16 Å². The van der Waals surface area contributed by atoms with Crippen molar-refractivity contribution in [3.05, 3.63) is 107 Å². The molecule has 1 aliphatic carbocycles. The quantitative estimate of drug-likeness (QED) is 0.225. The van der Waals surface area contributed by atoms with E-state index in [2.05, 4.69) is 34.4 Å². The van der Waals surface area contributed by atoms with Gasteiger partial charge in [0.2, 0.25) is 0 Å². The van der Waals surface area contributed by atoms with Gasteiger partial charge in [-0.05, 0) is 47.2 Å². The van der Waals surface area contributed by atoms with Gasteiger partial charge in [0.05, 0.1) is 5.71 Å². The maximum Gasteiger partial charge on any atom is 0.150 e. The van der Waals surface area contributed by atoms with Gasteiger partial charge in [0.25, 0.3) is 0 Å². The van der Waals surface area contributed by atoms with Crippen molar-refractivity contribution in [2.75, 3.05) is 6.61 Å². The first kappa shape index (κ1) is 19.8. The van der Waals surface area contributed by atoms with Crippen LogP contribution in [0.4, 0.5) is 0 Å². The molecule has 0 amide bonds. The molecule has 0 N–H and O–H groups in total. The highest BCUT2D eigenvalue weighted by Crippen LogP contribution is 2.30. The zero-order valence-electron chi connectivity index (χ0n) is 16.8.